The third-order valence-corrected chi connectivity index (χ3v) is 5.47. The van der Waals surface area contributed by atoms with Gasteiger partial charge in [-0.25, -0.2) is 0 Å². The number of carboxylic acids is 1. The molecule has 25 heavy (non-hydrogen) atoms. The van der Waals surface area contributed by atoms with Crippen molar-refractivity contribution < 1.29 is 19.4 Å². The Morgan fingerprint density at radius 3 is 2.36 bits per heavy atom. The number of methoxy groups -OCH3 is 1. The van der Waals surface area contributed by atoms with E-state index in [-0.39, 0.29) is 11.7 Å². The van der Waals surface area contributed by atoms with E-state index in [0.717, 1.165) is 11.1 Å². The van der Waals surface area contributed by atoms with E-state index < -0.39 is 17.3 Å². The minimum absolute atomic E-state index is 0.0989. The van der Waals surface area contributed by atoms with Gasteiger partial charge in [-0.2, -0.15) is 0 Å². The summed E-state index contributed by atoms with van der Waals surface area (Å²) >= 11 is 1.18. The molecule has 130 valence electrons. The highest BCUT2D eigenvalue weighted by Gasteiger charge is 2.42. The van der Waals surface area contributed by atoms with Crippen LogP contribution in [0.4, 0.5) is 5.69 Å². The van der Waals surface area contributed by atoms with Crippen LogP contribution >= 0.6 is 11.8 Å². The van der Waals surface area contributed by atoms with Gasteiger partial charge < -0.3 is 14.7 Å². The maximum atomic E-state index is 12.6. The number of hydrogen-bond acceptors (Lipinski definition) is 4. The normalized spacial score (nSPS) is 20.4. The Kier molecular flexibility index (Phi) is 4.99. The van der Waals surface area contributed by atoms with Crippen molar-refractivity contribution in [2.24, 2.45) is 0 Å². The summed E-state index contributed by atoms with van der Waals surface area (Å²) in [6, 6.07) is 14.2. The van der Waals surface area contributed by atoms with Gasteiger partial charge in [-0.05, 0) is 36.8 Å². The van der Waals surface area contributed by atoms with Crippen LogP contribution < -0.4 is 9.64 Å². The smallest absolute Gasteiger partial charge is 0.319 e. The Morgan fingerprint density at radius 1 is 1.16 bits per heavy atom. The van der Waals surface area contributed by atoms with Gasteiger partial charge in [-0.15, -0.1) is 11.8 Å². The molecule has 1 aliphatic heterocycles. The summed E-state index contributed by atoms with van der Waals surface area (Å²) in [5.74, 6) is -0.185. The van der Waals surface area contributed by atoms with E-state index in [1.807, 2.05) is 31.2 Å². The second-order valence-electron chi connectivity index (χ2n) is 5.89. The number of rotatable bonds is 4. The molecule has 2 atom stereocenters. The van der Waals surface area contributed by atoms with Crippen molar-refractivity contribution >= 4 is 29.3 Å². The van der Waals surface area contributed by atoms with E-state index >= 15 is 0 Å². The number of aryl methyl sites for hydroxylation is 1. The van der Waals surface area contributed by atoms with Crippen LogP contribution in [0.5, 0.6) is 5.75 Å². The van der Waals surface area contributed by atoms with E-state index in [0.29, 0.717) is 11.4 Å². The van der Waals surface area contributed by atoms with Gasteiger partial charge in [0.1, 0.15) is 11.0 Å². The van der Waals surface area contributed by atoms with Gasteiger partial charge in [-0.3, -0.25) is 9.59 Å². The van der Waals surface area contributed by atoms with Crippen LogP contribution in [-0.2, 0) is 9.59 Å². The highest BCUT2D eigenvalue weighted by atomic mass is 32.2. The third kappa shape index (κ3) is 3.49. The van der Waals surface area contributed by atoms with E-state index in [1.165, 1.54) is 11.8 Å². The lowest BCUT2D eigenvalue weighted by molar-refractivity contribution is -0.137. The summed E-state index contributed by atoms with van der Waals surface area (Å²) in [4.78, 5) is 26.1. The molecule has 6 heteroatoms. The number of nitrogens with zero attached hydrogens (tertiary/aromatic N) is 1. The Labute approximate surface area is 150 Å². The second-order valence-corrected chi connectivity index (χ2v) is 7.02. The quantitative estimate of drug-likeness (QED) is 0.910. The fraction of sp³-hybridized carbons (Fsp3) is 0.263. The van der Waals surface area contributed by atoms with Crippen LogP contribution in [0, 0.1) is 6.92 Å². The number of aliphatic carboxylic acids is 1. The molecule has 1 N–H and O–H groups in total. The first-order chi connectivity index (χ1) is 12.0. The Balaban J connectivity index is 2.07. The lowest BCUT2D eigenvalue weighted by atomic mass is 9.99. The minimum atomic E-state index is -0.915. The lowest BCUT2D eigenvalue weighted by Crippen LogP contribution is -2.48. The number of carboxylic acid groups (broad SMARTS) is 1. The number of hydrogen-bond donors (Lipinski definition) is 1. The van der Waals surface area contributed by atoms with E-state index in [2.05, 4.69) is 0 Å². The van der Waals surface area contributed by atoms with E-state index in [1.54, 1.807) is 36.3 Å². The Morgan fingerprint density at radius 2 is 1.80 bits per heavy atom. The molecule has 1 fully saturated rings. The molecular weight excluding hydrogens is 338 g/mol. The number of benzene rings is 2. The van der Waals surface area contributed by atoms with Crippen molar-refractivity contribution in [3.05, 3.63) is 59.7 Å². The highest BCUT2D eigenvalue weighted by Crippen LogP contribution is 2.40. The third-order valence-electron chi connectivity index (χ3n) is 4.23. The van der Waals surface area contributed by atoms with E-state index in [4.69, 9.17) is 4.74 Å². The predicted molar refractivity (Wildman–Crippen MR) is 98.3 cm³/mol. The number of anilines is 1. The molecule has 5 nitrogen and oxygen atoms in total. The van der Waals surface area contributed by atoms with Crippen molar-refractivity contribution in [2.75, 3.05) is 17.8 Å². The summed E-state index contributed by atoms with van der Waals surface area (Å²) in [5, 5.41) is 8.96. The molecule has 1 amide bonds. The second kappa shape index (κ2) is 7.19. The summed E-state index contributed by atoms with van der Waals surface area (Å²) in [6.45, 7) is 1.97. The number of carbonyl (C=O) groups is 2. The van der Waals surface area contributed by atoms with Crippen molar-refractivity contribution in [2.45, 2.75) is 18.2 Å². The van der Waals surface area contributed by atoms with E-state index in [9.17, 15) is 14.7 Å². The van der Waals surface area contributed by atoms with Crippen LogP contribution in [-0.4, -0.2) is 35.1 Å². The molecule has 0 saturated carbocycles. The number of amides is 1. The van der Waals surface area contributed by atoms with Gasteiger partial charge >= 0.3 is 5.97 Å². The van der Waals surface area contributed by atoms with Crippen LogP contribution in [0.1, 0.15) is 17.2 Å². The fourth-order valence-corrected chi connectivity index (χ4v) is 4.02. The SMILES string of the molecule is COc1ccc(N2C(=O)CSC(C(=O)O)C2c2ccc(C)cc2)cc1. The standard InChI is InChI=1S/C19H19NO4S/c1-12-3-5-13(6-4-12)17-18(19(22)23)25-11-16(21)20(17)14-7-9-15(24-2)10-8-14/h3-10,17-18H,11H2,1-2H3,(H,22,23). The summed E-state index contributed by atoms with van der Waals surface area (Å²) in [6.07, 6.45) is 0. The average molecular weight is 357 g/mol. The van der Waals surface area contributed by atoms with Crippen molar-refractivity contribution in [1.82, 2.24) is 0 Å². The van der Waals surface area contributed by atoms with Crippen molar-refractivity contribution in [1.29, 1.82) is 0 Å². The molecule has 2 aromatic rings. The first-order valence-electron chi connectivity index (χ1n) is 7.88. The molecule has 0 aliphatic carbocycles. The first kappa shape index (κ1) is 17.4. The number of ether oxygens (including phenoxy) is 1. The van der Waals surface area contributed by atoms with Gasteiger partial charge in [0.2, 0.25) is 5.91 Å². The average Bonchev–Trinajstić information content (AvgIpc) is 2.62. The molecule has 2 unspecified atom stereocenters. The molecule has 0 spiro atoms. The maximum Gasteiger partial charge on any atom is 0.319 e. The number of carbonyl (C=O) groups excluding carboxylic acids is 1. The van der Waals surface area contributed by atoms with Crippen molar-refractivity contribution in [3.63, 3.8) is 0 Å². The summed E-state index contributed by atoms with van der Waals surface area (Å²) in [5.41, 5.74) is 2.57. The zero-order valence-corrected chi connectivity index (χ0v) is 14.8. The fourth-order valence-electron chi connectivity index (χ4n) is 2.95. The first-order valence-corrected chi connectivity index (χ1v) is 8.93. The zero-order valence-electron chi connectivity index (χ0n) is 14.0. The highest BCUT2D eigenvalue weighted by molar-refractivity contribution is 8.01. The molecule has 0 radical (unpaired) electrons. The predicted octanol–water partition coefficient (Wildman–Crippen LogP) is 3.28. The molecule has 0 bridgehead atoms. The van der Waals surface area contributed by atoms with Gasteiger partial charge in [-0.1, -0.05) is 29.8 Å². The van der Waals surface area contributed by atoms with Crippen LogP contribution in [0.25, 0.3) is 0 Å². The topological polar surface area (TPSA) is 66.8 Å². The molecule has 2 aromatic carbocycles. The van der Waals surface area contributed by atoms with Gasteiger partial charge in [0.05, 0.1) is 18.9 Å². The largest absolute Gasteiger partial charge is 0.497 e. The monoisotopic (exact) mass is 357 g/mol. The summed E-state index contributed by atoms with van der Waals surface area (Å²) < 4.78 is 5.17. The Hall–Kier alpha value is -2.47. The Bertz CT molecular complexity index is 773. The number of thioether (sulfide) groups is 1. The van der Waals surface area contributed by atoms with Crippen LogP contribution in [0.3, 0.4) is 0 Å². The zero-order chi connectivity index (χ0) is 18.0. The van der Waals surface area contributed by atoms with Gasteiger partial charge in [0.15, 0.2) is 0 Å². The van der Waals surface area contributed by atoms with Crippen molar-refractivity contribution in [3.8, 4) is 5.75 Å². The molecule has 1 heterocycles. The molecule has 3 rings (SSSR count). The molecule has 1 aliphatic rings. The summed E-state index contributed by atoms with van der Waals surface area (Å²) in [7, 11) is 1.58. The van der Waals surface area contributed by atoms with Crippen LogP contribution in [0.15, 0.2) is 48.5 Å². The molecule has 0 aromatic heterocycles. The van der Waals surface area contributed by atoms with Crippen LogP contribution in [0.2, 0.25) is 0 Å². The maximum absolute atomic E-state index is 12.6. The van der Waals surface area contributed by atoms with Gasteiger partial charge in [0, 0.05) is 5.69 Å². The minimum Gasteiger partial charge on any atom is -0.497 e. The molecule has 1 saturated heterocycles. The lowest BCUT2D eigenvalue weighted by Gasteiger charge is -2.39. The van der Waals surface area contributed by atoms with Gasteiger partial charge in [0.25, 0.3) is 0 Å². The molecular formula is C19H19NO4S.